The Hall–Kier alpha value is -1.09. The number of carboxylic acids is 1. The Morgan fingerprint density at radius 2 is 2.11 bits per heavy atom. The number of aliphatic hydroxyl groups excluding tert-OH is 1. The van der Waals surface area contributed by atoms with Crippen LogP contribution in [0.15, 0.2) is 23.3 Å². The molecule has 0 amide bonds. The van der Waals surface area contributed by atoms with Gasteiger partial charge in [-0.05, 0) is 49.0 Å². The zero-order valence-electron chi connectivity index (χ0n) is 11.1. The van der Waals surface area contributed by atoms with E-state index in [-0.39, 0.29) is 11.5 Å². The lowest BCUT2D eigenvalue weighted by Crippen LogP contribution is -2.36. The molecule has 0 aromatic heterocycles. The summed E-state index contributed by atoms with van der Waals surface area (Å²) in [4.78, 5) is 10.9. The zero-order valence-corrected chi connectivity index (χ0v) is 11.1. The summed E-state index contributed by atoms with van der Waals surface area (Å²) in [6.45, 7) is 4.21. The Morgan fingerprint density at radius 1 is 1.39 bits per heavy atom. The van der Waals surface area contributed by atoms with Gasteiger partial charge in [0, 0.05) is 5.57 Å². The molecule has 0 aromatic rings. The van der Waals surface area contributed by atoms with Crippen LogP contribution in [0.2, 0.25) is 0 Å². The third kappa shape index (κ3) is 2.51. The molecule has 0 bridgehead atoms. The van der Waals surface area contributed by atoms with Crippen molar-refractivity contribution in [2.75, 3.05) is 0 Å². The molecule has 3 heteroatoms. The largest absolute Gasteiger partial charge is 0.478 e. The van der Waals surface area contributed by atoms with Crippen LogP contribution in [-0.2, 0) is 4.79 Å². The van der Waals surface area contributed by atoms with Gasteiger partial charge in [-0.1, -0.05) is 26.0 Å². The molecule has 0 aromatic carbocycles. The first kappa shape index (κ1) is 13.3. The molecule has 18 heavy (non-hydrogen) atoms. The quantitative estimate of drug-likeness (QED) is 0.741. The van der Waals surface area contributed by atoms with Crippen molar-refractivity contribution in [3.8, 4) is 0 Å². The highest BCUT2D eigenvalue weighted by Gasteiger charge is 2.36. The third-order valence-electron chi connectivity index (χ3n) is 4.38. The molecule has 2 N–H and O–H groups in total. The molecule has 0 unspecified atom stereocenters. The van der Waals surface area contributed by atoms with Crippen LogP contribution in [-0.4, -0.2) is 22.3 Å². The molecule has 0 spiro atoms. The van der Waals surface area contributed by atoms with Crippen LogP contribution in [0.4, 0.5) is 0 Å². The summed E-state index contributed by atoms with van der Waals surface area (Å²) in [5.74, 6) is -0.477. The molecule has 3 nitrogen and oxygen atoms in total. The lowest BCUT2D eigenvalue weighted by Gasteiger charge is -2.39. The lowest BCUT2D eigenvalue weighted by molar-refractivity contribution is -0.132. The van der Waals surface area contributed by atoms with Crippen molar-refractivity contribution in [2.24, 2.45) is 11.3 Å². The Labute approximate surface area is 108 Å². The first-order chi connectivity index (χ1) is 8.42. The second-order valence-corrected chi connectivity index (χ2v) is 6.14. The SMILES string of the molecule is CC1(C)CCC=C([C@@H]2CC=C(C(=O)O)CC2)[C@H]1O. The Kier molecular flexibility index (Phi) is 3.62. The number of hydrogen-bond acceptors (Lipinski definition) is 2. The number of hydrogen-bond donors (Lipinski definition) is 2. The summed E-state index contributed by atoms with van der Waals surface area (Å²) >= 11 is 0. The van der Waals surface area contributed by atoms with E-state index in [0.717, 1.165) is 31.3 Å². The lowest BCUT2D eigenvalue weighted by atomic mass is 9.69. The zero-order chi connectivity index (χ0) is 13.3. The topological polar surface area (TPSA) is 57.5 Å². The average molecular weight is 250 g/mol. The van der Waals surface area contributed by atoms with E-state index in [1.807, 2.05) is 6.08 Å². The number of aliphatic hydroxyl groups is 1. The van der Waals surface area contributed by atoms with Crippen molar-refractivity contribution in [1.29, 1.82) is 0 Å². The molecule has 0 saturated carbocycles. The number of rotatable bonds is 2. The first-order valence-corrected chi connectivity index (χ1v) is 6.72. The average Bonchev–Trinajstić information content (AvgIpc) is 2.33. The second kappa shape index (κ2) is 4.88. The first-order valence-electron chi connectivity index (χ1n) is 6.72. The Bertz CT molecular complexity index is 404. The molecule has 0 heterocycles. The highest BCUT2D eigenvalue weighted by atomic mass is 16.4. The van der Waals surface area contributed by atoms with Crippen LogP contribution in [0, 0.1) is 11.3 Å². The van der Waals surface area contributed by atoms with Gasteiger partial charge >= 0.3 is 5.97 Å². The number of carbonyl (C=O) groups is 1. The fraction of sp³-hybridized carbons (Fsp3) is 0.667. The van der Waals surface area contributed by atoms with Crippen LogP contribution < -0.4 is 0 Å². The van der Waals surface area contributed by atoms with Crippen LogP contribution in [0.1, 0.15) is 46.0 Å². The van der Waals surface area contributed by atoms with Gasteiger partial charge in [0.25, 0.3) is 0 Å². The third-order valence-corrected chi connectivity index (χ3v) is 4.38. The number of aliphatic carboxylic acids is 1. The number of carboxylic acid groups (broad SMARTS) is 1. The van der Waals surface area contributed by atoms with Gasteiger partial charge in [-0.25, -0.2) is 4.79 Å². The minimum absolute atomic E-state index is 0.0547. The van der Waals surface area contributed by atoms with Crippen molar-refractivity contribution >= 4 is 5.97 Å². The molecule has 2 aliphatic carbocycles. The van der Waals surface area contributed by atoms with Gasteiger partial charge in [0.2, 0.25) is 0 Å². The van der Waals surface area contributed by atoms with Gasteiger partial charge in [0.1, 0.15) is 0 Å². The molecule has 2 aliphatic rings. The Balaban J connectivity index is 2.10. The fourth-order valence-electron chi connectivity index (χ4n) is 3.03. The van der Waals surface area contributed by atoms with E-state index in [0.29, 0.717) is 17.9 Å². The van der Waals surface area contributed by atoms with Gasteiger partial charge in [-0.3, -0.25) is 0 Å². The van der Waals surface area contributed by atoms with E-state index in [9.17, 15) is 9.90 Å². The summed E-state index contributed by atoms with van der Waals surface area (Å²) in [5, 5.41) is 19.4. The molecule has 2 rings (SSSR count). The van der Waals surface area contributed by atoms with Gasteiger partial charge in [-0.15, -0.1) is 0 Å². The summed E-state index contributed by atoms with van der Waals surface area (Å²) in [5.41, 5.74) is 1.60. The molecular weight excluding hydrogens is 228 g/mol. The van der Waals surface area contributed by atoms with Gasteiger partial charge < -0.3 is 10.2 Å². The van der Waals surface area contributed by atoms with Crippen molar-refractivity contribution in [3.05, 3.63) is 23.3 Å². The van der Waals surface area contributed by atoms with Crippen LogP contribution >= 0.6 is 0 Å². The standard InChI is InChI=1S/C15H22O3/c1-15(2)9-3-4-12(13(15)16)10-5-7-11(8-6-10)14(17)18/h4,7,10,13,16H,3,5-6,8-9H2,1-2H3,(H,17,18)/t10-,13-/m1/s1. The Morgan fingerprint density at radius 3 is 2.67 bits per heavy atom. The summed E-state index contributed by atoms with van der Waals surface area (Å²) < 4.78 is 0. The van der Waals surface area contributed by atoms with E-state index in [2.05, 4.69) is 19.9 Å². The molecule has 0 aliphatic heterocycles. The number of allylic oxidation sites excluding steroid dienone is 2. The van der Waals surface area contributed by atoms with E-state index >= 15 is 0 Å². The van der Waals surface area contributed by atoms with Crippen LogP contribution in [0.5, 0.6) is 0 Å². The molecule has 2 atom stereocenters. The minimum Gasteiger partial charge on any atom is -0.478 e. The second-order valence-electron chi connectivity index (χ2n) is 6.14. The van der Waals surface area contributed by atoms with Crippen LogP contribution in [0.3, 0.4) is 0 Å². The van der Waals surface area contributed by atoms with E-state index in [4.69, 9.17) is 5.11 Å². The van der Waals surface area contributed by atoms with Gasteiger partial charge in [0.05, 0.1) is 6.10 Å². The fourth-order valence-corrected chi connectivity index (χ4v) is 3.03. The molecule has 100 valence electrons. The maximum atomic E-state index is 10.9. The summed E-state index contributed by atoms with van der Waals surface area (Å²) in [6, 6.07) is 0. The maximum absolute atomic E-state index is 10.9. The highest BCUT2D eigenvalue weighted by Crippen LogP contribution is 2.41. The van der Waals surface area contributed by atoms with Crippen LogP contribution in [0.25, 0.3) is 0 Å². The smallest absolute Gasteiger partial charge is 0.331 e. The minimum atomic E-state index is -0.799. The maximum Gasteiger partial charge on any atom is 0.331 e. The van der Waals surface area contributed by atoms with Crippen molar-refractivity contribution in [1.82, 2.24) is 0 Å². The van der Waals surface area contributed by atoms with Crippen molar-refractivity contribution in [3.63, 3.8) is 0 Å². The molecule has 0 saturated heterocycles. The van der Waals surface area contributed by atoms with E-state index < -0.39 is 5.97 Å². The summed E-state index contributed by atoms with van der Waals surface area (Å²) in [7, 11) is 0. The van der Waals surface area contributed by atoms with E-state index in [1.165, 1.54) is 0 Å². The van der Waals surface area contributed by atoms with Gasteiger partial charge in [-0.2, -0.15) is 0 Å². The summed E-state index contributed by atoms with van der Waals surface area (Å²) in [6.07, 6.45) is 7.86. The normalized spacial score (nSPS) is 31.5. The molecule has 0 fully saturated rings. The van der Waals surface area contributed by atoms with Crippen molar-refractivity contribution < 1.29 is 15.0 Å². The van der Waals surface area contributed by atoms with Crippen molar-refractivity contribution in [2.45, 2.75) is 52.1 Å². The van der Waals surface area contributed by atoms with E-state index in [1.54, 1.807) is 0 Å². The predicted molar refractivity (Wildman–Crippen MR) is 70.2 cm³/mol. The predicted octanol–water partition coefficient (Wildman–Crippen LogP) is 2.90. The monoisotopic (exact) mass is 250 g/mol. The highest BCUT2D eigenvalue weighted by molar-refractivity contribution is 5.86. The van der Waals surface area contributed by atoms with Gasteiger partial charge in [0.15, 0.2) is 0 Å². The molecular formula is C15H22O3. The molecule has 0 radical (unpaired) electrons.